The first-order chi connectivity index (χ1) is 14.0. The zero-order chi connectivity index (χ0) is 22.7. The van der Waals surface area contributed by atoms with Crippen molar-refractivity contribution in [3.8, 4) is 5.75 Å². The smallest absolute Gasteiger partial charge is 0.323 e. The number of aromatic hydroxyl groups is 1. The van der Waals surface area contributed by atoms with Gasteiger partial charge in [0.1, 0.15) is 12.3 Å². The van der Waals surface area contributed by atoms with Crippen LogP contribution in [0.2, 0.25) is 0 Å². The number of phenolic OH excluding ortho intramolecular Hbond substituents is 1. The third-order valence-corrected chi connectivity index (χ3v) is 7.01. The summed E-state index contributed by atoms with van der Waals surface area (Å²) in [4.78, 5) is 49.6. The van der Waals surface area contributed by atoms with Crippen LogP contribution < -0.4 is 16.0 Å². The van der Waals surface area contributed by atoms with E-state index in [9.17, 15) is 29.4 Å². The molecule has 0 heterocycles. The van der Waals surface area contributed by atoms with Crippen LogP contribution in [0.3, 0.4) is 0 Å². The number of carbonyl (C=O) groups is 4. The van der Waals surface area contributed by atoms with Crippen LogP contribution in [-0.4, -0.2) is 40.4 Å². The number of rotatable bonds is 6. The second kappa shape index (κ2) is 10.1. The van der Waals surface area contributed by atoms with Crippen molar-refractivity contribution < 1.29 is 29.4 Å². The maximum Gasteiger partial charge on any atom is 0.323 e. The quantitative estimate of drug-likeness (QED) is 0.334. The lowest BCUT2D eigenvalue weighted by molar-refractivity contribution is -0.135. The minimum atomic E-state index is -1.26. The number of nitrogens with one attached hydrogen (secondary N) is 1. The topological polar surface area (TPSA) is 150 Å². The molecule has 0 radical (unpaired) electrons. The first-order valence-electron chi connectivity index (χ1n) is 8.06. The Bertz CT molecular complexity index is 1060. The van der Waals surface area contributed by atoms with Gasteiger partial charge in [0.2, 0.25) is 5.91 Å². The van der Waals surface area contributed by atoms with E-state index in [4.69, 9.17) is 5.73 Å². The fourth-order valence-corrected chi connectivity index (χ4v) is 6.97. The summed E-state index contributed by atoms with van der Waals surface area (Å²) in [7, 11) is 0. The fourth-order valence-electron chi connectivity index (χ4n) is 2.54. The van der Waals surface area contributed by atoms with E-state index in [0.717, 1.165) is 4.90 Å². The SMILES string of the molecule is CC(=O)Nc1c(I)c(C(N)=O)c(I)c(C(=O)N(CC(=O)O)c2ccc(O)cc2)c1I. The molecule has 0 atom stereocenters. The van der Waals surface area contributed by atoms with Crippen molar-refractivity contribution >= 4 is 103 Å². The zero-order valence-electron chi connectivity index (χ0n) is 15.2. The average molecular weight is 749 g/mol. The number of hydrogen-bond donors (Lipinski definition) is 4. The molecule has 0 unspecified atom stereocenters. The van der Waals surface area contributed by atoms with E-state index in [1.54, 1.807) is 22.6 Å². The molecule has 158 valence electrons. The predicted octanol–water partition coefficient (Wildman–Crippen LogP) is 2.99. The first kappa shape index (κ1) is 24.6. The number of benzene rings is 2. The Labute approximate surface area is 211 Å². The van der Waals surface area contributed by atoms with Crippen molar-refractivity contribution in [2.75, 3.05) is 16.8 Å². The van der Waals surface area contributed by atoms with E-state index in [1.807, 2.05) is 45.2 Å². The van der Waals surface area contributed by atoms with Crippen LogP contribution in [0.5, 0.6) is 5.75 Å². The normalized spacial score (nSPS) is 10.4. The highest BCUT2D eigenvalue weighted by Crippen LogP contribution is 2.37. The Kier molecular flexibility index (Phi) is 8.26. The minimum Gasteiger partial charge on any atom is -0.508 e. The van der Waals surface area contributed by atoms with Crippen molar-refractivity contribution in [2.45, 2.75) is 6.92 Å². The molecule has 5 N–H and O–H groups in total. The number of anilines is 2. The first-order valence-corrected chi connectivity index (χ1v) is 11.3. The van der Waals surface area contributed by atoms with Crippen LogP contribution in [0.15, 0.2) is 24.3 Å². The largest absolute Gasteiger partial charge is 0.508 e. The van der Waals surface area contributed by atoms with Crippen LogP contribution >= 0.6 is 67.8 Å². The number of carboxylic acids is 1. The summed E-state index contributed by atoms with van der Waals surface area (Å²) >= 11 is 5.53. The van der Waals surface area contributed by atoms with Gasteiger partial charge in [0.15, 0.2) is 0 Å². The molecule has 9 nitrogen and oxygen atoms in total. The summed E-state index contributed by atoms with van der Waals surface area (Å²) in [5.41, 5.74) is 6.05. The number of hydrogen-bond acceptors (Lipinski definition) is 5. The van der Waals surface area contributed by atoms with Crippen LogP contribution in [0.25, 0.3) is 0 Å². The second-order valence-corrected chi connectivity index (χ2v) is 9.15. The van der Waals surface area contributed by atoms with Gasteiger partial charge < -0.3 is 21.3 Å². The molecular weight excluding hydrogens is 735 g/mol. The number of aliphatic carboxylic acids is 1. The number of amides is 3. The number of halogens is 3. The number of nitrogens with two attached hydrogens (primary N) is 1. The number of carboxylic acid groups (broad SMARTS) is 1. The van der Waals surface area contributed by atoms with E-state index in [2.05, 4.69) is 5.32 Å². The lowest BCUT2D eigenvalue weighted by Crippen LogP contribution is -2.37. The molecule has 0 aliphatic heterocycles. The lowest BCUT2D eigenvalue weighted by Gasteiger charge is -2.24. The molecule has 0 aliphatic rings. The molecule has 0 fully saturated rings. The summed E-state index contributed by atoms with van der Waals surface area (Å²) in [6.07, 6.45) is 0. The molecule has 2 rings (SSSR count). The molecule has 0 bridgehead atoms. The van der Waals surface area contributed by atoms with Gasteiger partial charge in [0, 0.05) is 16.2 Å². The van der Waals surface area contributed by atoms with Crippen molar-refractivity contribution in [2.24, 2.45) is 5.73 Å². The van der Waals surface area contributed by atoms with Gasteiger partial charge in [0.05, 0.1) is 24.0 Å². The molecule has 3 amide bonds. The Hall–Kier alpha value is -1.69. The van der Waals surface area contributed by atoms with Crippen LogP contribution in [0, 0.1) is 10.7 Å². The molecule has 2 aromatic rings. The molecule has 12 heteroatoms. The van der Waals surface area contributed by atoms with E-state index < -0.39 is 30.2 Å². The van der Waals surface area contributed by atoms with Gasteiger partial charge in [-0.2, -0.15) is 0 Å². The lowest BCUT2D eigenvalue weighted by atomic mass is 10.1. The number of nitrogens with zero attached hydrogens (tertiary/aromatic N) is 1. The van der Waals surface area contributed by atoms with E-state index in [1.165, 1.54) is 31.2 Å². The van der Waals surface area contributed by atoms with Crippen molar-refractivity contribution in [1.82, 2.24) is 0 Å². The van der Waals surface area contributed by atoms with Gasteiger partial charge in [0.25, 0.3) is 11.8 Å². The van der Waals surface area contributed by atoms with E-state index in [-0.39, 0.29) is 31.8 Å². The molecule has 0 saturated heterocycles. The second-order valence-electron chi connectivity index (χ2n) is 5.91. The van der Waals surface area contributed by atoms with Gasteiger partial charge in [-0.15, -0.1) is 0 Å². The maximum atomic E-state index is 13.5. The monoisotopic (exact) mass is 749 g/mol. The maximum absolute atomic E-state index is 13.5. The predicted molar refractivity (Wildman–Crippen MR) is 135 cm³/mol. The van der Waals surface area contributed by atoms with E-state index >= 15 is 0 Å². The molecular formula is C18H14I3N3O6. The fraction of sp³-hybridized carbons (Fsp3) is 0.111. The molecule has 0 aliphatic carbocycles. The average Bonchev–Trinajstić information content (AvgIpc) is 2.63. The van der Waals surface area contributed by atoms with Crippen LogP contribution in [0.1, 0.15) is 27.6 Å². The number of primary amides is 1. The highest BCUT2D eigenvalue weighted by atomic mass is 127. The van der Waals surface area contributed by atoms with Gasteiger partial charge in [-0.3, -0.25) is 24.1 Å². The molecule has 0 spiro atoms. The molecule has 2 aromatic carbocycles. The van der Waals surface area contributed by atoms with Gasteiger partial charge in [-0.1, -0.05) is 0 Å². The Morgan fingerprint density at radius 2 is 1.53 bits per heavy atom. The van der Waals surface area contributed by atoms with Gasteiger partial charge in [-0.05, 0) is 92.0 Å². The third kappa shape index (κ3) is 5.32. The van der Waals surface area contributed by atoms with Crippen LogP contribution in [-0.2, 0) is 9.59 Å². The van der Waals surface area contributed by atoms with E-state index in [0.29, 0.717) is 7.14 Å². The van der Waals surface area contributed by atoms with Crippen molar-refractivity contribution in [3.05, 3.63) is 46.1 Å². The number of carbonyl (C=O) groups excluding carboxylic acids is 3. The van der Waals surface area contributed by atoms with Gasteiger partial charge >= 0.3 is 5.97 Å². The number of phenols is 1. The summed E-state index contributed by atoms with van der Waals surface area (Å²) < 4.78 is 0.943. The summed E-state index contributed by atoms with van der Waals surface area (Å²) in [6.45, 7) is 0.617. The third-order valence-electron chi connectivity index (χ3n) is 3.78. The Morgan fingerprint density at radius 1 is 1.00 bits per heavy atom. The Morgan fingerprint density at radius 3 is 2.00 bits per heavy atom. The summed E-state index contributed by atoms with van der Waals surface area (Å²) in [5.74, 6) is -3.23. The van der Waals surface area contributed by atoms with Crippen LogP contribution in [0.4, 0.5) is 11.4 Å². The van der Waals surface area contributed by atoms with Crippen molar-refractivity contribution in [1.29, 1.82) is 0 Å². The summed E-state index contributed by atoms with van der Waals surface area (Å²) in [5, 5.41) is 21.4. The zero-order valence-corrected chi connectivity index (χ0v) is 21.7. The highest BCUT2D eigenvalue weighted by molar-refractivity contribution is 14.1. The minimum absolute atomic E-state index is 0.0310. The summed E-state index contributed by atoms with van der Waals surface area (Å²) in [6, 6.07) is 5.43. The van der Waals surface area contributed by atoms with Crippen molar-refractivity contribution in [3.63, 3.8) is 0 Å². The Balaban J connectivity index is 2.77. The molecule has 30 heavy (non-hydrogen) atoms. The molecule has 0 saturated carbocycles. The molecule has 0 aromatic heterocycles. The van der Waals surface area contributed by atoms with Gasteiger partial charge in [-0.25, -0.2) is 0 Å². The highest BCUT2D eigenvalue weighted by Gasteiger charge is 2.31. The standard InChI is InChI=1S/C18H14I3N3O6/c1-7(25)23-16-14(20)11(17(22)29)13(19)12(15(16)21)18(30)24(6-10(27)28)8-2-4-9(26)5-3-8/h2-5,26H,6H2,1H3,(H2,22,29)(H,23,25)(H,27,28).